The van der Waals surface area contributed by atoms with Crippen molar-refractivity contribution in [3.8, 4) is 0 Å². The fraction of sp³-hybridized carbons (Fsp3) is 0.182. The van der Waals surface area contributed by atoms with Crippen LogP contribution in [0.4, 0.5) is 5.69 Å². The van der Waals surface area contributed by atoms with Crippen molar-refractivity contribution >= 4 is 17.5 Å². The molecule has 0 bridgehead atoms. The first kappa shape index (κ1) is 19.4. The van der Waals surface area contributed by atoms with Gasteiger partial charge in [0.25, 0.3) is 11.8 Å². The van der Waals surface area contributed by atoms with Crippen molar-refractivity contribution in [3.05, 3.63) is 89.9 Å². The van der Waals surface area contributed by atoms with E-state index in [4.69, 9.17) is 4.42 Å². The van der Waals surface area contributed by atoms with Crippen molar-refractivity contribution in [3.63, 3.8) is 0 Å². The third-order valence-corrected chi connectivity index (χ3v) is 4.39. The standard InChI is InChI=1S/C22H23N3O3/c1-16(20-12-7-13-28-20)23-15-21(26)25-19-11-6-5-10-18(19)22(27)24-14-17-8-3-2-4-9-17/h2-13,16,23H,14-15H2,1H3,(H,24,27)(H,25,26)/p+1/t16-/m1/s1. The van der Waals surface area contributed by atoms with E-state index in [2.05, 4.69) is 10.6 Å². The number of furan rings is 1. The minimum atomic E-state index is -0.229. The predicted molar refractivity (Wildman–Crippen MR) is 107 cm³/mol. The monoisotopic (exact) mass is 378 g/mol. The molecule has 0 radical (unpaired) electrons. The number of rotatable bonds is 8. The molecule has 4 N–H and O–H groups in total. The summed E-state index contributed by atoms with van der Waals surface area (Å²) in [4.78, 5) is 24.9. The maximum absolute atomic E-state index is 12.6. The highest BCUT2D eigenvalue weighted by Crippen LogP contribution is 2.15. The fourth-order valence-corrected chi connectivity index (χ4v) is 2.82. The Kier molecular flexibility index (Phi) is 6.59. The van der Waals surface area contributed by atoms with Gasteiger partial charge in [0.15, 0.2) is 12.3 Å². The number of nitrogens with two attached hydrogens (primary N) is 1. The van der Waals surface area contributed by atoms with Gasteiger partial charge in [0, 0.05) is 6.54 Å². The van der Waals surface area contributed by atoms with Gasteiger partial charge in [0.1, 0.15) is 6.04 Å². The maximum Gasteiger partial charge on any atom is 0.279 e. The SMILES string of the molecule is C[C@@H]([NH2+]CC(=O)Nc1ccccc1C(=O)NCc1ccccc1)c1ccco1. The van der Waals surface area contributed by atoms with E-state index in [0.29, 0.717) is 17.8 Å². The molecule has 0 saturated carbocycles. The van der Waals surface area contributed by atoms with Gasteiger partial charge in [-0.2, -0.15) is 0 Å². The second-order valence-corrected chi connectivity index (χ2v) is 6.51. The molecule has 1 aromatic heterocycles. The van der Waals surface area contributed by atoms with Crippen LogP contribution in [-0.4, -0.2) is 18.4 Å². The smallest absolute Gasteiger partial charge is 0.279 e. The van der Waals surface area contributed by atoms with Crippen molar-refractivity contribution < 1.29 is 19.3 Å². The van der Waals surface area contributed by atoms with E-state index in [1.165, 1.54) is 0 Å². The van der Waals surface area contributed by atoms with E-state index in [9.17, 15) is 9.59 Å². The molecule has 0 fully saturated rings. The minimum Gasteiger partial charge on any atom is -0.463 e. The number of hydrogen-bond donors (Lipinski definition) is 3. The predicted octanol–water partition coefficient (Wildman–Crippen LogP) is 2.47. The number of carbonyl (C=O) groups excluding carboxylic acids is 2. The highest BCUT2D eigenvalue weighted by atomic mass is 16.3. The first-order valence-electron chi connectivity index (χ1n) is 9.21. The first-order valence-corrected chi connectivity index (χ1v) is 9.21. The topological polar surface area (TPSA) is 88.0 Å². The average molecular weight is 378 g/mol. The number of amides is 2. The Labute approximate surface area is 164 Å². The number of nitrogens with one attached hydrogen (secondary N) is 2. The van der Waals surface area contributed by atoms with Crippen molar-refractivity contribution in [1.82, 2.24) is 5.32 Å². The second kappa shape index (κ2) is 9.53. The summed E-state index contributed by atoms with van der Waals surface area (Å²) in [6.45, 7) is 2.62. The van der Waals surface area contributed by atoms with Gasteiger partial charge in [-0.25, -0.2) is 0 Å². The Morgan fingerprint density at radius 3 is 2.50 bits per heavy atom. The molecule has 3 rings (SSSR count). The van der Waals surface area contributed by atoms with Gasteiger partial charge < -0.3 is 20.4 Å². The first-order chi connectivity index (χ1) is 13.6. The summed E-state index contributed by atoms with van der Waals surface area (Å²) in [5.74, 6) is 0.405. The third kappa shape index (κ3) is 5.31. The normalized spacial score (nSPS) is 11.6. The number of benzene rings is 2. The number of para-hydroxylation sites is 1. The van der Waals surface area contributed by atoms with E-state index >= 15 is 0 Å². The molecule has 6 heteroatoms. The van der Waals surface area contributed by atoms with Crippen LogP contribution >= 0.6 is 0 Å². The van der Waals surface area contributed by atoms with Crippen LogP contribution in [0.25, 0.3) is 0 Å². The lowest BCUT2D eigenvalue weighted by Crippen LogP contribution is -2.86. The maximum atomic E-state index is 12.6. The molecule has 0 saturated heterocycles. The molecule has 28 heavy (non-hydrogen) atoms. The molecular weight excluding hydrogens is 354 g/mol. The van der Waals surface area contributed by atoms with Crippen LogP contribution in [0.2, 0.25) is 0 Å². The Balaban J connectivity index is 1.56. The number of anilines is 1. The molecular formula is C22H24N3O3+. The van der Waals surface area contributed by atoms with Crippen LogP contribution in [0, 0.1) is 0 Å². The molecule has 2 aromatic carbocycles. The summed E-state index contributed by atoms with van der Waals surface area (Å²) in [7, 11) is 0. The largest absolute Gasteiger partial charge is 0.463 e. The zero-order chi connectivity index (χ0) is 19.8. The Bertz CT molecular complexity index is 908. The lowest BCUT2D eigenvalue weighted by molar-refractivity contribution is -0.684. The molecule has 0 aliphatic rings. The number of quaternary nitrogens is 1. The van der Waals surface area contributed by atoms with Gasteiger partial charge in [-0.1, -0.05) is 42.5 Å². The summed E-state index contributed by atoms with van der Waals surface area (Å²) < 4.78 is 5.34. The molecule has 6 nitrogen and oxygen atoms in total. The minimum absolute atomic E-state index is 0.0326. The molecule has 0 unspecified atom stereocenters. The quantitative estimate of drug-likeness (QED) is 0.563. The Hall–Kier alpha value is -3.38. The second-order valence-electron chi connectivity index (χ2n) is 6.51. The van der Waals surface area contributed by atoms with E-state index in [-0.39, 0.29) is 24.4 Å². The van der Waals surface area contributed by atoms with Crippen LogP contribution in [0.5, 0.6) is 0 Å². The summed E-state index contributed by atoms with van der Waals surface area (Å²) >= 11 is 0. The lowest BCUT2D eigenvalue weighted by Gasteiger charge is -2.12. The van der Waals surface area contributed by atoms with Crippen molar-refractivity contribution in [2.24, 2.45) is 0 Å². The summed E-state index contributed by atoms with van der Waals surface area (Å²) in [5, 5.41) is 7.60. The molecule has 0 aliphatic carbocycles. The van der Waals surface area contributed by atoms with Gasteiger partial charge in [0.2, 0.25) is 0 Å². The summed E-state index contributed by atoms with van der Waals surface area (Å²) in [6.07, 6.45) is 1.62. The molecule has 0 aliphatic heterocycles. The van der Waals surface area contributed by atoms with Gasteiger partial charge in [-0.3, -0.25) is 9.59 Å². The number of carbonyl (C=O) groups is 2. The lowest BCUT2D eigenvalue weighted by atomic mass is 10.1. The summed E-state index contributed by atoms with van der Waals surface area (Å²) in [6, 6.07) is 20.4. The van der Waals surface area contributed by atoms with Crippen molar-refractivity contribution in [2.75, 3.05) is 11.9 Å². The molecule has 3 aromatic rings. The number of hydrogen-bond acceptors (Lipinski definition) is 3. The van der Waals surface area contributed by atoms with Gasteiger partial charge in [0.05, 0.1) is 17.5 Å². The van der Waals surface area contributed by atoms with Crippen LogP contribution < -0.4 is 16.0 Å². The van der Waals surface area contributed by atoms with E-state index in [0.717, 1.165) is 11.3 Å². The van der Waals surface area contributed by atoms with Crippen LogP contribution in [0.1, 0.15) is 34.6 Å². The highest BCUT2D eigenvalue weighted by molar-refractivity contribution is 6.03. The molecule has 144 valence electrons. The zero-order valence-electron chi connectivity index (χ0n) is 15.7. The third-order valence-electron chi connectivity index (χ3n) is 4.39. The highest BCUT2D eigenvalue weighted by Gasteiger charge is 2.16. The van der Waals surface area contributed by atoms with Crippen LogP contribution in [0.3, 0.4) is 0 Å². The average Bonchev–Trinajstić information content (AvgIpc) is 3.26. The van der Waals surface area contributed by atoms with Crippen LogP contribution in [0.15, 0.2) is 77.4 Å². The van der Waals surface area contributed by atoms with Gasteiger partial charge in [-0.15, -0.1) is 0 Å². The Morgan fingerprint density at radius 1 is 1.00 bits per heavy atom. The van der Waals surface area contributed by atoms with Crippen molar-refractivity contribution in [2.45, 2.75) is 19.5 Å². The van der Waals surface area contributed by atoms with Gasteiger partial charge >= 0.3 is 0 Å². The Morgan fingerprint density at radius 2 is 1.75 bits per heavy atom. The molecule has 2 amide bonds. The van der Waals surface area contributed by atoms with E-state index in [1.54, 1.807) is 30.5 Å². The van der Waals surface area contributed by atoms with Gasteiger partial charge in [-0.05, 0) is 36.8 Å². The molecule has 0 spiro atoms. The zero-order valence-corrected chi connectivity index (χ0v) is 15.7. The summed E-state index contributed by atoms with van der Waals surface area (Å²) in [5.41, 5.74) is 1.95. The molecule has 1 heterocycles. The van der Waals surface area contributed by atoms with Crippen molar-refractivity contribution in [1.29, 1.82) is 0 Å². The van der Waals surface area contributed by atoms with Crippen LogP contribution in [-0.2, 0) is 11.3 Å². The van der Waals surface area contributed by atoms with E-state index in [1.807, 2.05) is 54.7 Å². The van der Waals surface area contributed by atoms with E-state index < -0.39 is 0 Å². The molecule has 1 atom stereocenters. The fourth-order valence-electron chi connectivity index (χ4n) is 2.82.